The molecule has 2 aliphatic carbocycles. The minimum absolute atomic E-state index is 0. The fourth-order valence-electron chi connectivity index (χ4n) is 6.57. The summed E-state index contributed by atoms with van der Waals surface area (Å²) in [5, 5.41) is 1.71. The van der Waals surface area contributed by atoms with Crippen molar-refractivity contribution in [2.24, 2.45) is 0 Å². The maximum absolute atomic E-state index is 13.6. The SMILES string of the molecule is CC(C)(C)c1ccc2c(c1)[C-]=c1c-2cc(=C(c2ccc(C(F)(F)F)cc2)c2ccc(C(F)(F)F)cc2)c(C(C)(C)C)c1C1=CC=CC1.[Cl-].[Cl-].[Zr+3]. The van der Waals surface area contributed by atoms with Crippen LogP contribution in [0.1, 0.15) is 92.5 Å². The number of hydrogen-bond donors (Lipinski definition) is 0. The first kappa shape index (κ1) is 41.6. The number of fused-ring (bicyclic) bond motifs is 3. The van der Waals surface area contributed by atoms with Gasteiger partial charge in [-0.25, -0.2) is 0 Å². The van der Waals surface area contributed by atoms with Gasteiger partial charge in [0.2, 0.25) is 0 Å². The number of hydrogen-bond acceptors (Lipinski definition) is 0. The predicted octanol–water partition coefficient (Wildman–Crippen LogP) is 4.60. The smallest absolute Gasteiger partial charge is 1.00 e. The van der Waals surface area contributed by atoms with Crippen molar-refractivity contribution in [3.63, 3.8) is 0 Å². The van der Waals surface area contributed by atoms with Gasteiger partial charge in [-0.2, -0.15) is 26.3 Å². The molecule has 1 radical (unpaired) electrons. The van der Waals surface area contributed by atoms with E-state index in [-0.39, 0.29) is 56.4 Å². The third-order valence-electron chi connectivity index (χ3n) is 8.88. The third-order valence-corrected chi connectivity index (χ3v) is 8.88. The van der Waals surface area contributed by atoms with E-state index in [9.17, 15) is 26.3 Å². The summed E-state index contributed by atoms with van der Waals surface area (Å²) in [5.41, 5.74) is 6.45. The summed E-state index contributed by atoms with van der Waals surface area (Å²) in [6.45, 7) is 12.7. The second kappa shape index (κ2) is 14.6. The molecule has 0 fully saturated rings. The fourth-order valence-corrected chi connectivity index (χ4v) is 6.57. The molecule has 9 heteroatoms. The van der Waals surface area contributed by atoms with Crippen molar-refractivity contribution in [1.82, 2.24) is 0 Å². The van der Waals surface area contributed by atoms with Gasteiger partial charge in [0.1, 0.15) is 0 Å². The van der Waals surface area contributed by atoms with Gasteiger partial charge >= 0.3 is 38.6 Å². The van der Waals surface area contributed by atoms with Crippen molar-refractivity contribution in [1.29, 1.82) is 0 Å². The summed E-state index contributed by atoms with van der Waals surface area (Å²) in [6.07, 6.45) is 1.51. The zero-order chi connectivity index (χ0) is 34.1. The number of benzene rings is 4. The van der Waals surface area contributed by atoms with Gasteiger partial charge in [0.05, 0.1) is 11.1 Å². The molecule has 0 aliphatic heterocycles. The minimum atomic E-state index is -4.53. The fraction of sp³-hybridized carbons (Fsp3) is 0.268. The van der Waals surface area contributed by atoms with Gasteiger partial charge < -0.3 is 24.8 Å². The van der Waals surface area contributed by atoms with Crippen LogP contribution in [-0.2, 0) is 49.4 Å². The summed E-state index contributed by atoms with van der Waals surface area (Å²) < 4.78 is 81.8. The van der Waals surface area contributed by atoms with Crippen molar-refractivity contribution < 1.29 is 77.4 Å². The zero-order valence-electron chi connectivity index (χ0n) is 28.4. The largest absolute Gasteiger partial charge is 3.00 e. The average Bonchev–Trinajstić information content (AvgIpc) is 3.63. The first-order chi connectivity index (χ1) is 21.8. The van der Waals surface area contributed by atoms with Crippen LogP contribution in [0.25, 0.3) is 28.3 Å². The third kappa shape index (κ3) is 7.96. The summed E-state index contributed by atoms with van der Waals surface area (Å²) >= 11 is 0. The molecular weight excluding hydrogens is 769 g/mol. The van der Waals surface area contributed by atoms with Crippen LogP contribution in [0.5, 0.6) is 0 Å². The van der Waals surface area contributed by atoms with E-state index in [2.05, 4.69) is 84.0 Å². The summed E-state index contributed by atoms with van der Waals surface area (Å²) in [6, 6.07) is 18.2. The molecular formula is C41H35Cl2F6Zr. The van der Waals surface area contributed by atoms with Crippen molar-refractivity contribution in [2.45, 2.75) is 71.1 Å². The number of rotatable bonds is 3. The first-order valence-electron chi connectivity index (χ1n) is 15.6. The molecule has 0 nitrogen and oxygen atoms in total. The van der Waals surface area contributed by atoms with E-state index in [1.807, 2.05) is 6.08 Å². The topological polar surface area (TPSA) is 0 Å². The standard InChI is InChI=1S/C41H35F6.2ClH.Zr/c1-38(2,3)30-19-20-31-27(21-30)22-33-32(31)23-34(37(39(4,5)6)36(33)24-9-7-8-10-24)35(25-11-15-28(16-12-25)40(42,43)44)26-13-17-29(18-14-26)41(45,46)47;;;/h7-9,11-21,23H,10H2,1-6H3;2*1H;/q-1;;;+3/p-2. The molecule has 0 saturated carbocycles. The van der Waals surface area contributed by atoms with Gasteiger partial charge in [-0.3, -0.25) is 0 Å². The Morgan fingerprint density at radius 1 is 0.620 bits per heavy atom. The van der Waals surface area contributed by atoms with Crippen LogP contribution in [0, 0.1) is 0 Å². The molecule has 0 spiro atoms. The molecule has 259 valence electrons. The maximum atomic E-state index is 13.6. The summed E-state index contributed by atoms with van der Waals surface area (Å²) in [5.74, 6) is 0. The molecule has 0 atom stereocenters. The number of alkyl halides is 6. The van der Waals surface area contributed by atoms with Crippen LogP contribution in [0.2, 0.25) is 0 Å². The van der Waals surface area contributed by atoms with E-state index in [1.54, 1.807) is 0 Å². The van der Waals surface area contributed by atoms with E-state index < -0.39 is 28.9 Å². The maximum Gasteiger partial charge on any atom is 3.00 e. The monoisotopic (exact) mass is 801 g/mol. The van der Waals surface area contributed by atoms with E-state index in [4.69, 9.17) is 0 Å². The van der Waals surface area contributed by atoms with Crippen molar-refractivity contribution >= 4 is 17.2 Å². The molecule has 0 amide bonds. The van der Waals surface area contributed by atoms with E-state index in [1.165, 1.54) is 24.3 Å². The van der Waals surface area contributed by atoms with Gasteiger partial charge in [0, 0.05) is 0 Å². The molecule has 4 aromatic rings. The van der Waals surface area contributed by atoms with Gasteiger partial charge in [0.15, 0.2) is 0 Å². The van der Waals surface area contributed by atoms with E-state index >= 15 is 0 Å². The van der Waals surface area contributed by atoms with Gasteiger partial charge in [-0.1, -0.05) is 124 Å². The van der Waals surface area contributed by atoms with Crippen LogP contribution >= 0.6 is 0 Å². The van der Waals surface area contributed by atoms with Crippen LogP contribution in [0.4, 0.5) is 26.3 Å². The van der Waals surface area contributed by atoms with Gasteiger partial charge in [-0.15, -0.1) is 34.1 Å². The number of allylic oxidation sites excluding steroid dienone is 4. The molecule has 50 heavy (non-hydrogen) atoms. The average molecular weight is 804 g/mol. The Bertz CT molecular complexity index is 2010. The zero-order valence-corrected chi connectivity index (χ0v) is 32.4. The molecule has 0 bridgehead atoms. The van der Waals surface area contributed by atoms with Crippen LogP contribution in [0.3, 0.4) is 0 Å². The first-order valence-corrected chi connectivity index (χ1v) is 15.6. The molecule has 6 rings (SSSR count). The van der Waals surface area contributed by atoms with E-state index in [0.29, 0.717) is 23.1 Å². The second-order valence-corrected chi connectivity index (χ2v) is 14.3. The Kier molecular flexibility index (Phi) is 12.2. The van der Waals surface area contributed by atoms with Gasteiger partial charge in [-0.05, 0) is 63.4 Å². The molecule has 0 N–H and O–H groups in total. The molecule has 0 heterocycles. The number of halogens is 8. The van der Waals surface area contributed by atoms with Crippen LogP contribution < -0.4 is 35.3 Å². The Morgan fingerprint density at radius 2 is 1.12 bits per heavy atom. The quantitative estimate of drug-likeness (QED) is 0.185. The van der Waals surface area contributed by atoms with Gasteiger partial charge in [0.25, 0.3) is 0 Å². The minimum Gasteiger partial charge on any atom is -1.00 e. The molecule has 2 aliphatic rings. The second-order valence-electron chi connectivity index (χ2n) is 14.3. The Labute approximate surface area is 321 Å². The van der Waals surface area contributed by atoms with Crippen LogP contribution in [0.15, 0.2) is 91.0 Å². The summed E-state index contributed by atoms with van der Waals surface area (Å²) in [7, 11) is 0. The van der Waals surface area contributed by atoms with Crippen molar-refractivity contribution in [3.05, 3.63) is 146 Å². The Hall–Kier alpha value is -2.86. The van der Waals surface area contributed by atoms with Crippen LogP contribution in [-0.4, -0.2) is 0 Å². The molecule has 4 aromatic carbocycles. The summed E-state index contributed by atoms with van der Waals surface area (Å²) in [4.78, 5) is 0. The normalized spacial score (nSPS) is 13.6. The molecule has 0 aromatic heterocycles. The molecule has 0 saturated heterocycles. The Morgan fingerprint density at radius 3 is 1.54 bits per heavy atom. The predicted molar refractivity (Wildman–Crippen MR) is 177 cm³/mol. The Balaban J connectivity index is 0.00000225. The van der Waals surface area contributed by atoms with Crippen molar-refractivity contribution in [2.75, 3.05) is 0 Å². The molecule has 0 unspecified atom stereocenters. The van der Waals surface area contributed by atoms with Crippen molar-refractivity contribution in [3.8, 4) is 11.1 Å². The van der Waals surface area contributed by atoms with E-state index in [0.717, 1.165) is 73.7 Å².